The quantitative estimate of drug-likeness (QED) is 0.535. The summed E-state index contributed by atoms with van der Waals surface area (Å²) in [5.74, 6) is 0.448. The molecule has 1 N–H and O–H groups in total. The number of halogens is 1. The first-order chi connectivity index (χ1) is 16.8. The number of benzene rings is 1. The van der Waals surface area contributed by atoms with Gasteiger partial charge in [0.05, 0.1) is 12.1 Å². The molecule has 0 spiro atoms. The molecule has 1 aromatic carbocycles. The molecule has 7 nitrogen and oxygen atoms in total. The van der Waals surface area contributed by atoms with Crippen molar-refractivity contribution in [1.29, 1.82) is 0 Å². The molecule has 9 heteroatoms. The zero-order chi connectivity index (χ0) is 24.9. The number of amides is 1. The van der Waals surface area contributed by atoms with Crippen LogP contribution in [0, 0.1) is 11.3 Å². The molecule has 2 fully saturated rings. The van der Waals surface area contributed by atoms with Crippen LogP contribution in [0.1, 0.15) is 57.4 Å². The van der Waals surface area contributed by atoms with Gasteiger partial charge in [-0.2, -0.15) is 0 Å². The Morgan fingerprint density at radius 2 is 1.86 bits per heavy atom. The fourth-order valence-corrected chi connectivity index (χ4v) is 6.79. The van der Waals surface area contributed by atoms with Gasteiger partial charge in [-0.05, 0) is 68.1 Å². The Balaban J connectivity index is 1.49. The number of nitrogens with one attached hydrogen (secondary N) is 1. The highest BCUT2D eigenvalue weighted by Crippen LogP contribution is 2.47. The second-order valence-electron chi connectivity index (χ2n) is 10.2. The molecule has 4 rings (SSSR count). The van der Waals surface area contributed by atoms with Crippen molar-refractivity contribution >= 4 is 27.5 Å². The molecule has 1 amide bonds. The minimum Gasteiger partial charge on any atom is -0.341 e. The van der Waals surface area contributed by atoms with E-state index in [1.807, 2.05) is 35.8 Å². The van der Waals surface area contributed by atoms with Crippen LogP contribution in [0.15, 0.2) is 43.0 Å². The minimum absolute atomic E-state index is 0.0624. The number of likely N-dealkylation sites (tertiary alicyclic amines) is 1. The zero-order valence-corrected chi connectivity index (χ0v) is 22.1. The van der Waals surface area contributed by atoms with Gasteiger partial charge in [-0.25, -0.2) is 18.1 Å². The van der Waals surface area contributed by atoms with E-state index >= 15 is 0 Å². The Labute approximate surface area is 214 Å². The molecule has 2 aliphatic rings. The Morgan fingerprint density at radius 1 is 1.17 bits per heavy atom. The van der Waals surface area contributed by atoms with Crippen molar-refractivity contribution in [2.24, 2.45) is 11.3 Å². The van der Waals surface area contributed by atoms with Crippen LogP contribution < -0.4 is 4.72 Å². The van der Waals surface area contributed by atoms with Crippen LogP contribution in [0.2, 0.25) is 5.02 Å². The van der Waals surface area contributed by atoms with Gasteiger partial charge >= 0.3 is 0 Å². The summed E-state index contributed by atoms with van der Waals surface area (Å²) in [7, 11) is -3.54. The molecule has 192 valence electrons. The lowest BCUT2D eigenvalue weighted by atomic mass is 9.63. The third-order valence-corrected chi connectivity index (χ3v) is 9.61. The Kier molecular flexibility index (Phi) is 8.55. The van der Waals surface area contributed by atoms with Crippen molar-refractivity contribution in [1.82, 2.24) is 19.2 Å². The molecule has 0 bridgehead atoms. The summed E-state index contributed by atoms with van der Waals surface area (Å²) >= 11 is 6.01. The number of rotatable bonds is 9. The summed E-state index contributed by atoms with van der Waals surface area (Å²) in [6, 6.07) is 6.40. The van der Waals surface area contributed by atoms with Gasteiger partial charge in [0, 0.05) is 37.1 Å². The lowest BCUT2D eigenvalue weighted by Gasteiger charge is -2.48. The molecule has 1 aliphatic carbocycles. The fourth-order valence-electron chi connectivity index (χ4n) is 5.88. The molecule has 0 radical (unpaired) electrons. The summed E-state index contributed by atoms with van der Waals surface area (Å²) in [4.78, 5) is 19.7. The molecule has 1 aliphatic heterocycles. The molecule has 2 heterocycles. The largest absolute Gasteiger partial charge is 0.341 e. The van der Waals surface area contributed by atoms with Crippen LogP contribution in [0.4, 0.5) is 0 Å². The van der Waals surface area contributed by atoms with Crippen molar-refractivity contribution in [3.8, 4) is 0 Å². The third-order valence-electron chi connectivity index (χ3n) is 7.95. The lowest BCUT2D eigenvalue weighted by Crippen LogP contribution is -2.54. The Bertz CT molecular complexity index is 1060. The van der Waals surface area contributed by atoms with Crippen molar-refractivity contribution in [3.63, 3.8) is 0 Å². The number of sulfonamides is 1. The summed E-state index contributed by atoms with van der Waals surface area (Å²) in [5, 5.41) is 0.610. The molecule has 0 unspecified atom stereocenters. The summed E-state index contributed by atoms with van der Waals surface area (Å²) in [5.41, 5.74) is 1.02. The van der Waals surface area contributed by atoms with E-state index in [-0.39, 0.29) is 17.1 Å². The normalized spacial score (nSPS) is 20.0. The van der Waals surface area contributed by atoms with E-state index in [4.69, 9.17) is 11.6 Å². The summed E-state index contributed by atoms with van der Waals surface area (Å²) in [6.45, 7) is 3.81. The van der Waals surface area contributed by atoms with Gasteiger partial charge in [0.2, 0.25) is 15.9 Å². The molecule has 1 saturated heterocycles. The van der Waals surface area contributed by atoms with Gasteiger partial charge in [-0.3, -0.25) is 4.79 Å². The highest BCUT2D eigenvalue weighted by atomic mass is 35.5. The number of imidazole rings is 1. The molecular weight excluding hydrogens is 484 g/mol. The molecule has 1 atom stereocenters. The van der Waals surface area contributed by atoms with E-state index in [0.29, 0.717) is 30.5 Å². The standard InChI is InChI=1S/C26H37ClN4O3S/c1-2-35(33,34)29-24(18-21-8-10-23(27)11-9-21)25(32)31-15-12-26(13-16-31,19-30-17-14-28-20-30)22-6-4-3-5-7-22/h8-11,14,17,20,22,24,29H,2-7,12-13,15-16,18-19H2,1H3/t24-/m0/s1. The zero-order valence-electron chi connectivity index (χ0n) is 20.5. The maximum absolute atomic E-state index is 13.6. The van der Waals surface area contributed by atoms with E-state index in [0.717, 1.165) is 24.9 Å². The number of carbonyl (C=O) groups excluding carboxylic acids is 1. The first-order valence-electron chi connectivity index (χ1n) is 12.8. The predicted octanol–water partition coefficient (Wildman–Crippen LogP) is 4.28. The minimum atomic E-state index is -3.54. The second kappa shape index (κ2) is 11.4. The van der Waals surface area contributed by atoms with Gasteiger partial charge < -0.3 is 9.47 Å². The van der Waals surface area contributed by atoms with Crippen LogP contribution in [0.3, 0.4) is 0 Å². The topological polar surface area (TPSA) is 84.3 Å². The lowest BCUT2D eigenvalue weighted by molar-refractivity contribution is -0.136. The number of aromatic nitrogens is 2. The van der Waals surface area contributed by atoms with Crippen LogP contribution in [0.25, 0.3) is 0 Å². The maximum atomic E-state index is 13.6. The third kappa shape index (κ3) is 6.66. The highest BCUT2D eigenvalue weighted by Gasteiger charge is 2.43. The number of nitrogens with zero attached hydrogens (tertiary/aromatic N) is 3. The number of carbonyl (C=O) groups is 1. The number of hydrogen-bond acceptors (Lipinski definition) is 4. The smallest absolute Gasteiger partial charge is 0.241 e. The summed E-state index contributed by atoms with van der Waals surface area (Å²) < 4.78 is 29.7. The van der Waals surface area contributed by atoms with Crippen molar-refractivity contribution in [3.05, 3.63) is 53.6 Å². The number of piperidine rings is 1. The predicted molar refractivity (Wildman–Crippen MR) is 139 cm³/mol. The number of hydrogen-bond donors (Lipinski definition) is 1. The van der Waals surface area contributed by atoms with Crippen LogP contribution in [-0.4, -0.2) is 53.7 Å². The van der Waals surface area contributed by atoms with E-state index in [9.17, 15) is 13.2 Å². The molecule has 1 aromatic heterocycles. The van der Waals surface area contributed by atoms with E-state index in [1.165, 1.54) is 32.1 Å². The maximum Gasteiger partial charge on any atom is 0.241 e. The second-order valence-corrected chi connectivity index (χ2v) is 12.6. The SMILES string of the molecule is CCS(=O)(=O)N[C@@H](Cc1ccc(Cl)cc1)C(=O)N1CCC(Cn2ccnc2)(C2CCCCC2)CC1. The van der Waals surface area contributed by atoms with Crippen LogP contribution in [-0.2, 0) is 27.8 Å². The van der Waals surface area contributed by atoms with Gasteiger partial charge in [-0.1, -0.05) is 43.0 Å². The van der Waals surface area contributed by atoms with Gasteiger partial charge in [-0.15, -0.1) is 0 Å². The van der Waals surface area contributed by atoms with Crippen molar-refractivity contribution < 1.29 is 13.2 Å². The van der Waals surface area contributed by atoms with Crippen LogP contribution in [0.5, 0.6) is 0 Å². The Morgan fingerprint density at radius 3 is 2.46 bits per heavy atom. The van der Waals surface area contributed by atoms with Crippen molar-refractivity contribution in [2.75, 3.05) is 18.8 Å². The highest BCUT2D eigenvalue weighted by molar-refractivity contribution is 7.89. The molecule has 35 heavy (non-hydrogen) atoms. The van der Waals surface area contributed by atoms with Crippen LogP contribution >= 0.6 is 11.6 Å². The monoisotopic (exact) mass is 520 g/mol. The van der Waals surface area contributed by atoms with Gasteiger partial charge in [0.1, 0.15) is 6.04 Å². The average molecular weight is 521 g/mol. The molecular formula is C26H37ClN4O3S. The first-order valence-corrected chi connectivity index (χ1v) is 14.8. The van der Waals surface area contributed by atoms with Gasteiger partial charge in [0.25, 0.3) is 0 Å². The summed E-state index contributed by atoms with van der Waals surface area (Å²) in [6.07, 6.45) is 14.3. The average Bonchev–Trinajstić information content (AvgIpc) is 3.38. The Hall–Kier alpha value is -1.90. The van der Waals surface area contributed by atoms with Gasteiger partial charge in [0.15, 0.2) is 0 Å². The van der Waals surface area contributed by atoms with E-state index < -0.39 is 16.1 Å². The fraction of sp³-hybridized carbons (Fsp3) is 0.615. The van der Waals surface area contributed by atoms with Crippen molar-refractivity contribution in [2.45, 2.75) is 70.9 Å². The van der Waals surface area contributed by atoms with E-state index in [1.54, 1.807) is 19.1 Å². The molecule has 1 saturated carbocycles. The molecule has 2 aromatic rings. The first kappa shape index (κ1) is 26.2. The van der Waals surface area contributed by atoms with E-state index in [2.05, 4.69) is 14.3 Å².